The minimum absolute atomic E-state index is 0.0186. The van der Waals surface area contributed by atoms with E-state index in [1.165, 1.54) is 53.4 Å². The minimum atomic E-state index is -1.12. The lowest BCUT2D eigenvalue weighted by Gasteiger charge is -2.36. The van der Waals surface area contributed by atoms with E-state index in [1.807, 2.05) is 0 Å². The lowest BCUT2D eigenvalue weighted by molar-refractivity contribution is 0.0977. The minimum Gasteiger partial charge on any atom is -0.305 e. The zero-order valence-electron chi connectivity index (χ0n) is 15.9. The average molecular weight is 412 g/mol. The monoisotopic (exact) mass is 412 g/mol. The van der Waals surface area contributed by atoms with Gasteiger partial charge in [0.15, 0.2) is 11.6 Å². The molecule has 30 heavy (non-hydrogen) atoms. The highest BCUT2D eigenvalue weighted by atomic mass is 19.2. The molecule has 1 aliphatic heterocycles. The van der Waals surface area contributed by atoms with Gasteiger partial charge in [-0.1, -0.05) is 0 Å². The molecule has 3 nitrogen and oxygen atoms in total. The van der Waals surface area contributed by atoms with Gasteiger partial charge in [0.1, 0.15) is 11.6 Å². The predicted molar refractivity (Wildman–Crippen MR) is 106 cm³/mol. The largest absolute Gasteiger partial charge is 0.305 e. The molecular formula is C23H16F4N2O. The Hall–Kier alpha value is -3.48. The van der Waals surface area contributed by atoms with Crippen LogP contribution in [0.1, 0.15) is 29.3 Å². The molecule has 152 valence electrons. The Balaban J connectivity index is 1.79. The van der Waals surface area contributed by atoms with Gasteiger partial charge in [0.25, 0.3) is 5.91 Å². The Bertz CT molecular complexity index is 1160. The van der Waals surface area contributed by atoms with Crippen molar-refractivity contribution in [2.75, 3.05) is 4.90 Å². The summed E-state index contributed by atoms with van der Waals surface area (Å²) in [5.41, 5.74) is 1.83. The van der Waals surface area contributed by atoms with Gasteiger partial charge in [-0.3, -0.25) is 9.79 Å². The first-order chi connectivity index (χ1) is 14.3. The molecule has 0 aromatic heterocycles. The first-order valence-corrected chi connectivity index (χ1v) is 9.25. The highest BCUT2D eigenvalue weighted by molar-refractivity contribution is 6.15. The summed E-state index contributed by atoms with van der Waals surface area (Å²) in [6.07, 6.45) is 0.295. The normalized spacial score (nSPS) is 17.2. The van der Waals surface area contributed by atoms with Crippen LogP contribution in [-0.4, -0.2) is 17.7 Å². The first kappa shape index (κ1) is 19.8. The second kappa shape index (κ2) is 7.74. The molecule has 0 radical (unpaired) electrons. The zero-order valence-corrected chi connectivity index (χ0v) is 15.9. The summed E-state index contributed by atoms with van der Waals surface area (Å²) in [5, 5.41) is 0. The van der Waals surface area contributed by atoms with E-state index in [-0.39, 0.29) is 11.6 Å². The lowest BCUT2D eigenvalue weighted by atomic mass is 9.93. The highest BCUT2D eigenvalue weighted by Gasteiger charge is 2.33. The topological polar surface area (TPSA) is 32.7 Å². The van der Waals surface area contributed by atoms with Crippen LogP contribution < -0.4 is 4.90 Å². The standard InChI is InChI=1S/C23H16F4N2O/c1-13-10-21(28-17-6-3-15(24)4-7-17)18-12-16(25)5-9-22(18)29(13)23(30)14-2-8-19(26)20(27)11-14/h2-9,11-13H,10H2,1H3. The molecule has 1 atom stereocenters. The third-order valence-electron chi connectivity index (χ3n) is 4.93. The Morgan fingerprint density at radius 2 is 1.60 bits per heavy atom. The Morgan fingerprint density at radius 1 is 0.900 bits per heavy atom. The van der Waals surface area contributed by atoms with Gasteiger partial charge in [-0.05, 0) is 67.6 Å². The lowest BCUT2D eigenvalue weighted by Crippen LogP contribution is -2.44. The summed E-state index contributed by atoms with van der Waals surface area (Å²) < 4.78 is 54.1. The van der Waals surface area contributed by atoms with E-state index >= 15 is 0 Å². The fourth-order valence-corrected chi connectivity index (χ4v) is 3.52. The molecule has 7 heteroatoms. The van der Waals surface area contributed by atoms with Crippen molar-refractivity contribution in [1.82, 2.24) is 0 Å². The number of nitrogens with zero attached hydrogens (tertiary/aromatic N) is 2. The van der Waals surface area contributed by atoms with Crippen molar-refractivity contribution in [3.63, 3.8) is 0 Å². The Morgan fingerprint density at radius 3 is 2.30 bits per heavy atom. The van der Waals surface area contributed by atoms with Gasteiger partial charge >= 0.3 is 0 Å². The second-order valence-electron chi connectivity index (χ2n) is 7.05. The number of hydrogen-bond donors (Lipinski definition) is 0. The third kappa shape index (κ3) is 3.70. The number of aliphatic imine (C=N–C) groups is 1. The number of amides is 1. The molecule has 1 heterocycles. The molecule has 0 saturated heterocycles. The molecule has 0 fully saturated rings. The highest BCUT2D eigenvalue weighted by Crippen LogP contribution is 2.34. The van der Waals surface area contributed by atoms with Crippen LogP contribution in [0.25, 0.3) is 0 Å². The molecule has 1 unspecified atom stereocenters. The number of anilines is 1. The SMILES string of the molecule is CC1CC(=Nc2ccc(F)cc2)c2cc(F)ccc2N1C(=O)c1ccc(F)c(F)c1. The molecule has 1 amide bonds. The van der Waals surface area contributed by atoms with Gasteiger partial charge in [0, 0.05) is 23.6 Å². The van der Waals surface area contributed by atoms with Crippen molar-refractivity contribution < 1.29 is 22.4 Å². The Labute approximate surface area is 170 Å². The summed E-state index contributed by atoms with van der Waals surface area (Å²) >= 11 is 0. The number of benzene rings is 3. The molecule has 0 aliphatic carbocycles. The van der Waals surface area contributed by atoms with E-state index < -0.39 is 29.2 Å². The number of fused-ring (bicyclic) bond motifs is 1. The number of hydrogen-bond acceptors (Lipinski definition) is 2. The van der Waals surface area contributed by atoms with Crippen LogP contribution in [0.3, 0.4) is 0 Å². The van der Waals surface area contributed by atoms with Crippen LogP contribution >= 0.6 is 0 Å². The van der Waals surface area contributed by atoms with Crippen molar-refractivity contribution in [2.45, 2.75) is 19.4 Å². The average Bonchev–Trinajstić information content (AvgIpc) is 2.72. The maximum Gasteiger partial charge on any atom is 0.258 e. The zero-order chi connectivity index (χ0) is 21.4. The van der Waals surface area contributed by atoms with Crippen LogP contribution in [-0.2, 0) is 0 Å². The molecule has 0 saturated carbocycles. The van der Waals surface area contributed by atoms with Crippen LogP contribution in [0.4, 0.5) is 28.9 Å². The van der Waals surface area contributed by atoms with E-state index in [0.717, 1.165) is 12.1 Å². The summed E-state index contributed by atoms with van der Waals surface area (Å²) in [6.45, 7) is 1.78. The van der Waals surface area contributed by atoms with E-state index in [4.69, 9.17) is 0 Å². The van der Waals surface area contributed by atoms with Crippen molar-refractivity contribution in [3.05, 3.63) is 95.1 Å². The fourth-order valence-electron chi connectivity index (χ4n) is 3.52. The van der Waals surface area contributed by atoms with Crippen molar-refractivity contribution in [3.8, 4) is 0 Å². The van der Waals surface area contributed by atoms with Gasteiger partial charge in [-0.2, -0.15) is 0 Å². The number of rotatable bonds is 2. The summed E-state index contributed by atoms with van der Waals surface area (Å²) in [4.78, 5) is 19.0. The van der Waals surface area contributed by atoms with Gasteiger partial charge < -0.3 is 4.90 Å². The molecule has 3 aromatic carbocycles. The van der Waals surface area contributed by atoms with Crippen LogP contribution in [0.2, 0.25) is 0 Å². The number of carbonyl (C=O) groups excluding carboxylic acids is 1. The predicted octanol–water partition coefficient (Wildman–Crippen LogP) is 5.80. The second-order valence-corrected chi connectivity index (χ2v) is 7.05. The smallest absolute Gasteiger partial charge is 0.258 e. The first-order valence-electron chi connectivity index (χ1n) is 9.25. The van der Waals surface area contributed by atoms with Crippen molar-refractivity contribution in [2.24, 2.45) is 4.99 Å². The van der Waals surface area contributed by atoms with E-state index in [0.29, 0.717) is 29.1 Å². The molecule has 0 spiro atoms. The fraction of sp³-hybridized carbons (Fsp3) is 0.130. The molecule has 1 aliphatic rings. The van der Waals surface area contributed by atoms with Crippen LogP contribution in [0.5, 0.6) is 0 Å². The quantitative estimate of drug-likeness (QED) is 0.490. The molecule has 3 aromatic rings. The van der Waals surface area contributed by atoms with Crippen LogP contribution in [0.15, 0.2) is 65.7 Å². The van der Waals surface area contributed by atoms with E-state index in [1.54, 1.807) is 6.92 Å². The van der Waals surface area contributed by atoms with Crippen molar-refractivity contribution in [1.29, 1.82) is 0 Å². The molecule has 4 rings (SSSR count). The van der Waals surface area contributed by atoms with E-state index in [9.17, 15) is 22.4 Å². The van der Waals surface area contributed by atoms with Gasteiger partial charge in [0.2, 0.25) is 0 Å². The molecule has 0 N–H and O–H groups in total. The third-order valence-corrected chi connectivity index (χ3v) is 4.93. The maximum absolute atomic E-state index is 14.0. The van der Waals surface area contributed by atoms with Gasteiger partial charge in [-0.15, -0.1) is 0 Å². The summed E-state index contributed by atoms with van der Waals surface area (Å²) in [6, 6.07) is 12.1. The summed E-state index contributed by atoms with van der Waals surface area (Å²) in [5.74, 6) is -3.60. The maximum atomic E-state index is 14.0. The van der Waals surface area contributed by atoms with Gasteiger partial charge in [0.05, 0.1) is 17.1 Å². The van der Waals surface area contributed by atoms with Crippen molar-refractivity contribution >= 4 is 23.0 Å². The molecular weight excluding hydrogens is 396 g/mol. The number of halogens is 4. The summed E-state index contributed by atoms with van der Waals surface area (Å²) in [7, 11) is 0. The van der Waals surface area contributed by atoms with E-state index in [2.05, 4.69) is 4.99 Å². The molecule has 0 bridgehead atoms. The number of carbonyl (C=O) groups is 1. The van der Waals surface area contributed by atoms with Crippen LogP contribution in [0, 0.1) is 23.3 Å². The van der Waals surface area contributed by atoms with Gasteiger partial charge in [-0.25, -0.2) is 17.6 Å². The Kier molecular flexibility index (Phi) is 5.11.